The van der Waals surface area contributed by atoms with Gasteiger partial charge < -0.3 is 9.47 Å². The van der Waals surface area contributed by atoms with E-state index >= 15 is 0 Å². The fraction of sp³-hybridized carbons (Fsp3) is 0.211. The molecule has 0 spiro atoms. The first-order chi connectivity index (χ1) is 13.0. The number of H-pyrrole nitrogens is 1. The number of nitrogens with one attached hydrogen (secondary N) is 1. The Labute approximate surface area is 153 Å². The number of ether oxygens (including phenoxy) is 2. The van der Waals surface area contributed by atoms with Gasteiger partial charge in [-0.1, -0.05) is 12.1 Å². The van der Waals surface area contributed by atoms with Gasteiger partial charge in [0.25, 0.3) is 11.5 Å². The van der Waals surface area contributed by atoms with Crippen LogP contribution in [0.3, 0.4) is 0 Å². The molecule has 0 radical (unpaired) electrons. The van der Waals surface area contributed by atoms with Crippen molar-refractivity contribution >= 4 is 16.6 Å². The lowest BCUT2D eigenvalue weighted by Crippen LogP contribution is -2.29. The standard InChI is InChI=1S/C19H17FN4O3/c1-11-21-18-14-8-16(26-2)17(27-3)9-15(14)23(19(25)24(18)22-11)10-12-4-6-13(20)7-5-12/h4-9H,10H2,1-3H3/p+1. The van der Waals surface area contributed by atoms with Crippen molar-refractivity contribution in [1.82, 2.24) is 14.2 Å². The van der Waals surface area contributed by atoms with Crippen molar-refractivity contribution in [1.29, 1.82) is 0 Å². The summed E-state index contributed by atoms with van der Waals surface area (Å²) >= 11 is 0. The fourth-order valence-electron chi connectivity index (χ4n) is 3.19. The molecule has 2 aromatic carbocycles. The molecule has 4 rings (SSSR count). The SMILES string of the molecule is COc1cc2c(cc1OC)n(Cc1ccc(F)cc1)c(=O)n1nc(C)[nH+]c21. The number of hydrogen-bond donors (Lipinski definition) is 0. The highest BCUT2D eigenvalue weighted by Gasteiger charge is 2.22. The number of aromatic nitrogens is 4. The van der Waals surface area contributed by atoms with E-state index in [2.05, 4.69) is 10.1 Å². The Morgan fingerprint density at radius 3 is 2.44 bits per heavy atom. The molecule has 0 aliphatic rings. The second-order valence-electron chi connectivity index (χ2n) is 6.19. The lowest BCUT2D eigenvalue weighted by molar-refractivity contribution is -0.355. The third-order valence-electron chi connectivity index (χ3n) is 4.47. The van der Waals surface area contributed by atoms with E-state index in [4.69, 9.17) is 9.47 Å². The van der Waals surface area contributed by atoms with Crippen LogP contribution >= 0.6 is 0 Å². The average molecular weight is 369 g/mol. The van der Waals surface area contributed by atoms with Gasteiger partial charge in [-0.2, -0.15) is 0 Å². The highest BCUT2D eigenvalue weighted by molar-refractivity contribution is 5.92. The predicted octanol–water partition coefficient (Wildman–Crippen LogP) is 1.98. The van der Waals surface area contributed by atoms with Gasteiger partial charge in [0.1, 0.15) is 5.82 Å². The monoisotopic (exact) mass is 369 g/mol. The van der Waals surface area contributed by atoms with Crippen LogP contribution in [0.5, 0.6) is 11.5 Å². The normalized spacial score (nSPS) is 11.3. The van der Waals surface area contributed by atoms with E-state index in [0.717, 1.165) is 10.9 Å². The van der Waals surface area contributed by atoms with Crippen LogP contribution in [0.25, 0.3) is 16.6 Å². The van der Waals surface area contributed by atoms with Gasteiger partial charge in [0.05, 0.1) is 36.8 Å². The number of nitrogens with zero attached hydrogens (tertiary/aromatic N) is 3. The summed E-state index contributed by atoms with van der Waals surface area (Å²) in [7, 11) is 3.10. The van der Waals surface area contributed by atoms with Gasteiger partial charge in [0, 0.05) is 19.1 Å². The summed E-state index contributed by atoms with van der Waals surface area (Å²) in [6.07, 6.45) is 0. The Morgan fingerprint density at radius 1 is 1.11 bits per heavy atom. The molecule has 0 saturated carbocycles. The first kappa shape index (κ1) is 17.0. The maximum atomic E-state index is 13.2. The smallest absolute Gasteiger partial charge is 0.423 e. The Morgan fingerprint density at radius 2 is 1.78 bits per heavy atom. The number of rotatable bonds is 4. The minimum absolute atomic E-state index is 0.264. The van der Waals surface area contributed by atoms with E-state index in [1.807, 2.05) is 6.07 Å². The van der Waals surface area contributed by atoms with E-state index < -0.39 is 0 Å². The number of fused-ring (bicyclic) bond motifs is 3. The zero-order valence-electron chi connectivity index (χ0n) is 15.1. The summed E-state index contributed by atoms with van der Waals surface area (Å²) in [5.74, 6) is 1.35. The molecule has 4 aromatic rings. The maximum absolute atomic E-state index is 13.2. The van der Waals surface area contributed by atoms with E-state index in [1.54, 1.807) is 43.9 Å². The van der Waals surface area contributed by atoms with Crippen LogP contribution in [0.4, 0.5) is 4.39 Å². The summed E-state index contributed by atoms with van der Waals surface area (Å²) in [6, 6.07) is 9.61. The number of benzene rings is 2. The van der Waals surface area contributed by atoms with Crippen LogP contribution in [0, 0.1) is 12.7 Å². The molecule has 0 atom stereocenters. The molecular weight excluding hydrogens is 351 g/mol. The van der Waals surface area contributed by atoms with Crippen LogP contribution in [-0.2, 0) is 6.54 Å². The molecule has 7 nitrogen and oxygen atoms in total. The molecule has 0 saturated heterocycles. The number of aryl methyl sites for hydroxylation is 1. The minimum Gasteiger partial charge on any atom is -0.493 e. The Balaban J connectivity index is 2.06. The maximum Gasteiger partial charge on any atom is 0.423 e. The zero-order chi connectivity index (χ0) is 19.1. The van der Waals surface area contributed by atoms with Gasteiger partial charge in [0.2, 0.25) is 0 Å². The molecule has 2 heterocycles. The molecule has 0 amide bonds. The summed E-state index contributed by atoms with van der Waals surface area (Å²) in [5, 5.41) is 5.03. The van der Waals surface area contributed by atoms with Gasteiger partial charge in [-0.25, -0.2) is 14.2 Å². The van der Waals surface area contributed by atoms with E-state index in [-0.39, 0.29) is 18.1 Å². The second-order valence-corrected chi connectivity index (χ2v) is 6.19. The van der Waals surface area contributed by atoms with Gasteiger partial charge in [-0.05, 0) is 22.2 Å². The summed E-state index contributed by atoms with van der Waals surface area (Å²) in [6.45, 7) is 2.04. The summed E-state index contributed by atoms with van der Waals surface area (Å²) < 4.78 is 26.9. The molecule has 27 heavy (non-hydrogen) atoms. The topological polar surface area (TPSA) is 71.9 Å². The van der Waals surface area contributed by atoms with Crippen LogP contribution < -0.4 is 20.1 Å². The van der Waals surface area contributed by atoms with Gasteiger partial charge in [0.15, 0.2) is 11.5 Å². The van der Waals surface area contributed by atoms with Crippen molar-refractivity contribution in [2.45, 2.75) is 13.5 Å². The molecule has 2 aromatic heterocycles. The third-order valence-corrected chi connectivity index (χ3v) is 4.47. The van der Waals surface area contributed by atoms with Crippen LogP contribution in [0.2, 0.25) is 0 Å². The van der Waals surface area contributed by atoms with Crippen molar-refractivity contribution in [2.24, 2.45) is 0 Å². The molecular formula is C19H18FN4O3+. The second kappa shape index (κ2) is 6.39. The van der Waals surface area contributed by atoms with Gasteiger partial charge in [-0.15, -0.1) is 0 Å². The predicted molar refractivity (Wildman–Crippen MR) is 96.9 cm³/mol. The first-order valence-corrected chi connectivity index (χ1v) is 8.33. The lowest BCUT2D eigenvalue weighted by atomic mass is 10.1. The molecule has 1 N–H and O–H groups in total. The fourth-order valence-corrected chi connectivity index (χ4v) is 3.19. The van der Waals surface area contributed by atoms with Crippen LogP contribution in [-0.4, -0.2) is 28.4 Å². The first-order valence-electron chi connectivity index (χ1n) is 8.33. The minimum atomic E-state index is -0.324. The van der Waals surface area contributed by atoms with E-state index in [9.17, 15) is 9.18 Å². The van der Waals surface area contributed by atoms with Crippen molar-refractivity contribution in [3.05, 3.63) is 64.1 Å². The molecule has 0 aliphatic carbocycles. The average Bonchev–Trinajstić information content (AvgIpc) is 3.07. The quantitative estimate of drug-likeness (QED) is 0.551. The lowest BCUT2D eigenvalue weighted by Gasteiger charge is -2.13. The van der Waals surface area contributed by atoms with Crippen molar-refractivity contribution in [2.75, 3.05) is 14.2 Å². The van der Waals surface area contributed by atoms with Crippen LogP contribution in [0.15, 0.2) is 41.2 Å². The number of aromatic amines is 1. The Bertz CT molecular complexity index is 1210. The highest BCUT2D eigenvalue weighted by atomic mass is 19.1. The molecule has 0 unspecified atom stereocenters. The molecule has 8 heteroatoms. The highest BCUT2D eigenvalue weighted by Crippen LogP contribution is 2.32. The largest absolute Gasteiger partial charge is 0.493 e. The van der Waals surface area contributed by atoms with Crippen molar-refractivity contribution in [3.63, 3.8) is 0 Å². The van der Waals surface area contributed by atoms with Gasteiger partial charge >= 0.3 is 5.69 Å². The van der Waals surface area contributed by atoms with E-state index in [1.165, 1.54) is 16.6 Å². The van der Waals surface area contributed by atoms with Crippen molar-refractivity contribution in [3.8, 4) is 11.5 Å². The summed E-state index contributed by atoms with van der Waals surface area (Å²) in [4.78, 5) is 16.2. The number of halogens is 1. The van der Waals surface area contributed by atoms with Gasteiger partial charge in [-0.3, -0.25) is 4.57 Å². The molecule has 0 bridgehead atoms. The molecule has 0 aliphatic heterocycles. The van der Waals surface area contributed by atoms with Crippen LogP contribution in [0.1, 0.15) is 11.4 Å². The third kappa shape index (κ3) is 2.79. The molecule has 0 fully saturated rings. The van der Waals surface area contributed by atoms with Crippen molar-refractivity contribution < 1.29 is 18.8 Å². The van der Waals surface area contributed by atoms with E-state index in [0.29, 0.717) is 28.5 Å². The molecule has 138 valence electrons. The Kier molecular flexibility index (Phi) is 4.02. The zero-order valence-corrected chi connectivity index (χ0v) is 15.1. The Hall–Kier alpha value is -3.42. The summed E-state index contributed by atoms with van der Waals surface area (Å²) in [5.41, 5.74) is 1.72. The number of hydrogen-bond acceptors (Lipinski definition) is 4. The number of methoxy groups -OCH3 is 2.